The molecule has 2 amide bonds. The molecule has 2 aliphatic heterocycles. The fraction of sp³-hybridized carbons (Fsp3) is 0.348. The third-order valence-electron chi connectivity index (χ3n) is 5.67. The van der Waals surface area contributed by atoms with Gasteiger partial charge in [-0.15, -0.1) is 0 Å². The van der Waals surface area contributed by atoms with Gasteiger partial charge in [0.2, 0.25) is 0 Å². The Morgan fingerprint density at radius 2 is 1.86 bits per heavy atom. The van der Waals surface area contributed by atoms with Crippen molar-refractivity contribution in [1.82, 2.24) is 10.2 Å². The second-order valence-electron chi connectivity index (χ2n) is 7.53. The van der Waals surface area contributed by atoms with Crippen molar-refractivity contribution < 1.29 is 9.18 Å². The van der Waals surface area contributed by atoms with Gasteiger partial charge >= 0.3 is 6.03 Å². The van der Waals surface area contributed by atoms with Crippen LogP contribution < -0.4 is 10.2 Å². The lowest BCUT2D eigenvalue weighted by atomic mass is 9.99. The van der Waals surface area contributed by atoms with Gasteiger partial charge in [-0.2, -0.15) is 0 Å². The van der Waals surface area contributed by atoms with Crippen LogP contribution in [0, 0.1) is 11.7 Å². The molecule has 4 rings (SSSR count). The maximum atomic E-state index is 13.9. The summed E-state index contributed by atoms with van der Waals surface area (Å²) in [5, 5.41) is 3.09. The molecule has 1 atom stereocenters. The van der Waals surface area contributed by atoms with E-state index >= 15 is 0 Å². The number of rotatable bonds is 4. The number of para-hydroxylation sites is 1. The predicted octanol–water partition coefficient (Wildman–Crippen LogP) is 4.15. The minimum absolute atomic E-state index is 0.0259. The number of amides is 2. The largest absolute Gasteiger partial charge is 0.371 e. The summed E-state index contributed by atoms with van der Waals surface area (Å²) in [7, 11) is 0. The van der Waals surface area contributed by atoms with Crippen LogP contribution in [0.3, 0.4) is 0 Å². The smallest absolute Gasteiger partial charge is 0.317 e. The highest BCUT2D eigenvalue weighted by atomic mass is 19.1. The van der Waals surface area contributed by atoms with Crippen LogP contribution in [0.4, 0.5) is 14.9 Å². The maximum absolute atomic E-state index is 13.9. The SMILES string of the molecule is O=C(NCC1CCN(c2ccccc2)C1)N1CC=C(c2ccccc2F)CC1. The van der Waals surface area contributed by atoms with Crippen molar-refractivity contribution in [3.63, 3.8) is 0 Å². The molecule has 2 aromatic carbocycles. The van der Waals surface area contributed by atoms with Gasteiger partial charge in [-0.05, 0) is 42.5 Å². The number of halogens is 1. The van der Waals surface area contributed by atoms with Crippen LogP contribution in [0.1, 0.15) is 18.4 Å². The fourth-order valence-electron chi connectivity index (χ4n) is 4.04. The molecule has 4 nitrogen and oxygen atoms in total. The van der Waals surface area contributed by atoms with E-state index in [1.165, 1.54) is 11.8 Å². The van der Waals surface area contributed by atoms with E-state index in [1.54, 1.807) is 17.0 Å². The summed E-state index contributed by atoms with van der Waals surface area (Å²) in [6.07, 6.45) is 3.74. The van der Waals surface area contributed by atoms with E-state index in [0.717, 1.165) is 25.1 Å². The number of hydrogen-bond acceptors (Lipinski definition) is 2. The molecule has 0 radical (unpaired) electrons. The molecule has 1 fully saturated rings. The Hall–Kier alpha value is -2.82. The van der Waals surface area contributed by atoms with Gasteiger partial charge in [0.15, 0.2) is 0 Å². The van der Waals surface area contributed by atoms with Gasteiger partial charge in [0.25, 0.3) is 0 Å². The van der Waals surface area contributed by atoms with Gasteiger partial charge in [0.1, 0.15) is 5.82 Å². The number of nitrogens with zero attached hydrogens (tertiary/aromatic N) is 2. The minimum atomic E-state index is -0.198. The summed E-state index contributed by atoms with van der Waals surface area (Å²) >= 11 is 0. The topological polar surface area (TPSA) is 35.6 Å². The predicted molar refractivity (Wildman–Crippen MR) is 111 cm³/mol. The Kier molecular flexibility index (Phi) is 5.60. The quantitative estimate of drug-likeness (QED) is 0.866. The summed E-state index contributed by atoms with van der Waals surface area (Å²) in [5.41, 5.74) is 2.88. The van der Waals surface area contributed by atoms with Crippen LogP contribution in [0.15, 0.2) is 60.7 Å². The normalized spacial score (nSPS) is 19.5. The zero-order chi connectivity index (χ0) is 19.3. The molecule has 2 aliphatic rings. The standard InChI is InChI=1S/C23H26FN3O/c24-22-9-5-4-8-21(22)19-11-14-26(15-12-19)23(28)25-16-18-10-13-27(17-18)20-6-2-1-3-7-20/h1-9,11,18H,10,12-17H2,(H,25,28). The van der Waals surface area contributed by atoms with Gasteiger partial charge < -0.3 is 15.1 Å². The van der Waals surface area contributed by atoms with Crippen LogP contribution in [-0.2, 0) is 0 Å². The third-order valence-corrected chi connectivity index (χ3v) is 5.67. The fourth-order valence-corrected chi connectivity index (χ4v) is 4.04. The van der Waals surface area contributed by atoms with E-state index < -0.39 is 0 Å². The van der Waals surface area contributed by atoms with E-state index in [2.05, 4.69) is 34.5 Å². The van der Waals surface area contributed by atoms with Gasteiger partial charge in [-0.3, -0.25) is 0 Å². The molecule has 146 valence electrons. The van der Waals surface area contributed by atoms with E-state index in [1.807, 2.05) is 18.2 Å². The summed E-state index contributed by atoms with van der Waals surface area (Å²) < 4.78 is 13.9. The second-order valence-corrected chi connectivity index (χ2v) is 7.53. The van der Waals surface area contributed by atoms with Crippen molar-refractivity contribution in [1.29, 1.82) is 0 Å². The number of benzene rings is 2. The van der Waals surface area contributed by atoms with E-state index in [-0.39, 0.29) is 11.8 Å². The Labute approximate surface area is 165 Å². The molecule has 28 heavy (non-hydrogen) atoms. The van der Waals surface area contributed by atoms with Crippen LogP contribution in [0.2, 0.25) is 0 Å². The van der Waals surface area contributed by atoms with Crippen molar-refractivity contribution in [2.45, 2.75) is 12.8 Å². The minimum Gasteiger partial charge on any atom is -0.371 e. The average molecular weight is 379 g/mol. The Morgan fingerprint density at radius 3 is 2.61 bits per heavy atom. The molecule has 1 saturated heterocycles. The molecular formula is C23H26FN3O. The zero-order valence-electron chi connectivity index (χ0n) is 16.0. The maximum Gasteiger partial charge on any atom is 0.317 e. The molecule has 0 saturated carbocycles. The summed E-state index contributed by atoms with van der Waals surface area (Å²) in [4.78, 5) is 16.7. The second kappa shape index (κ2) is 8.46. The first-order valence-electron chi connectivity index (χ1n) is 9.97. The third kappa shape index (κ3) is 4.19. The number of carbonyl (C=O) groups is 1. The van der Waals surface area contributed by atoms with Crippen LogP contribution in [-0.4, -0.2) is 43.7 Å². The first-order valence-corrected chi connectivity index (χ1v) is 9.97. The number of hydrogen-bond donors (Lipinski definition) is 1. The Morgan fingerprint density at radius 1 is 1.07 bits per heavy atom. The lowest BCUT2D eigenvalue weighted by molar-refractivity contribution is 0.201. The molecule has 0 bridgehead atoms. The van der Waals surface area contributed by atoms with Crippen molar-refractivity contribution in [2.75, 3.05) is 37.6 Å². The van der Waals surface area contributed by atoms with Crippen molar-refractivity contribution >= 4 is 17.3 Å². The van der Waals surface area contributed by atoms with Gasteiger partial charge in [-0.1, -0.05) is 42.5 Å². The molecular weight excluding hydrogens is 353 g/mol. The van der Waals surface area contributed by atoms with Crippen LogP contribution >= 0.6 is 0 Å². The van der Waals surface area contributed by atoms with Crippen molar-refractivity contribution in [2.24, 2.45) is 5.92 Å². The molecule has 0 aliphatic carbocycles. The average Bonchev–Trinajstić information content (AvgIpc) is 3.22. The van der Waals surface area contributed by atoms with Gasteiger partial charge in [0.05, 0.1) is 0 Å². The van der Waals surface area contributed by atoms with E-state index in [4.69, 9.17) is 0 Å². The van der Waals surface area contributed by atoms with E-state index in [9.17, 15) is 9.18 Å². The first-order chi connectivity index (χ1) is 13.7. The number of urea groups is 1. The van der Waals surface area contributed by atoms with Crippen molar-refractivity contribution in [3.8, 4) is 0 Å². The molecule has 2 heterocycles. The number of anilines is 1. The summed E-state index contributed by atoms with van der Waals surface area (Å²) in [6.45, 7) is 3.84. The van der Waals surface area contributed by atoms with Gasteiger partial charge in [-0.25, -0.2) is 9.18 Å². The monoisotopic (exact) mass is 379 g/mol. The molecule has 0 aromatic heterocycles. The lowest BCUT2D eigenvalue weighted by Gasteiger charge is -2.27. The summed E-state index contributed by atoms with van der Waals surface area (Å²) in [6, 6.07) is 17.2. The Balaban J connectivity index is 1.26. The van der Waals surface area contributed by atoms with Crippen LogP contribution in [0.5, 0.6) is 0 Å². The highest BCUT2D eigenvalue weighted by Crippen LogP contribution is 2.25. The zero-order valence-corrected chi connectivity index (χ0v) is 16.0. The first kappa shape index (κ1) is 18.5. The Bertz CT molecular complexity index is 852. The molecule has 0 spiro atoms. The highest BCUT2D eigenvalue weighted by molar-refractivity contribution is 5.76. The molecule has 2 aromatic rings. The summed E-state index contributed by atoms with van der Waals surface area (Å²) in [5.74, 6) is 0.273. The van der Waals surface area contributed by atoms with E-state index in [0.29, 0.717) is 37.5 Å². The van der Waals surface area contributed by atoms with Crippen molar-refractivity contribution in [3.05, 3.63) is 72.1 Å². The highest BCUT2D eigenvalue weighted by Gasteiger charge is 2.24. The molecule has 1 N–H and O–H groups in total. The molecule has 5 heteroatoms. The molecule has 1 unspecified atom stereocenters. The number of nitrogens with one attached hydrogen (secondary N) is 1. The lowest BCUT2D eigenvalue weighted by Crippen LogP contribution is -2.44. The number of carbonyl (C=O) groups excluding carboxylic acids is 1. The van der Waals surface area contributed by atoms with Crippen LogP contribution in [0.25, 0.3) is 5.57 Å². The van der Waals surface area contributed by atoms with Gasteiger partial charge in [0, 0.05) is 44.0 Å².